The number of hydrogen-bond acceptors (Lipinski definition) is 0. The third-order valence-electron chi connectivity index (χ3n) is 3.73. The van der Waals surface area contributed by atoms with E-state index in [-0.39, 0.29) is 0 Å². The second kappa shape index (κ2) is 5.49. The number of quaternary nitrogens is 1. The summed E-state index contributed by atoms with van der Waals surface area (Å²) in [5, 5.41) is 2.53. The molecule has 16 heavy (non-hydrogen) atoms. The van der Waals surface area contributed by atoms with E-state index in [1.165, 1.54) is 36.8 Å². The van der Waals surface area contributed by atoms with Crippen LogP contribution >= 0.6 is 0 Å². The van der Waals surface area contributed by atoms with E-state index in [9.17, 15) is 0 Å². The SMILES string of the molecule is CC(C)c1ccc(C[NH2+]C2CCCC2)cc1. The predicted octanol–water partition coefficient (Wildman–Crippen LogP) is 2.82. The normalized spacial score (nSPS) is 17.2. The minimum absolute atomic E-state index is 0.646. The highest BCUT2D eigenvalue weighted by molar-refractivity contribution is 5.23. The van der Waals surface area contributed by atoms with Gasteiger partial charge in [0.15, 0.2) is 0 Å². The van der Waals surface area contributed by atoms with E-state index in [0.29, 0.717) is 5.92 Å². The highest BCUT2D eigenvalue weighted by Gasteiger charge is 2.17. The summed E-state index contributed by atoms with van der Waals surface area (Å²) < 4.78 is 0. The van der Waals surface area contributed by atoms with Crippen molar-refractivity contribution in [2.24, 2.45) is 0 Å². The first kappa shape index (κ1) is 11.7. The molecule has 0 spiro atoms. The van der Waals surface area contributed by atoms with Crippen LogP contribution in [0.25, 0.3) is 0 Å². The molecule has 0 aromatic heterocycles. The molecule has 0 bridgehead atoms. The molecule has 1 aliphatic carbocycles. The van der Waals surface area contributed by atoms with Crippen molar-refractivity contribution in [3.05, 3.63) is 35.4 Å². The van der Waals surface area contributed by atoms with Gasteiger partial charge in [-0.3, -0.25) is 0 Å². The minimum Gasteiger partial charge on any atom is -0.340 e. The summed E-state index contributed by atoms with van der Waals surface area (Å²) in [5.41, 5.74) is 2.92. The molecule has 0 radical (unpaired) electrons. The monoisotopic (exact) mass is 218 g/mol. The van der Waals surface area contributed by atoms with Gasteiger partial charge in [-0.15, -0.1) is 0 Å². The Labute approximate surface area is 99.3 Å². The lowest BCUT2D eigenvalue weighted by molar-refractivity contribution is -0.703. The van der Waals surface area contributed by atoms with E-state index in [4.69, 9.17) is 0 Å². The van der Waals surface area contributed by atoms with Gasteiger partial charge in [0.25, 0.3) is 0 Å². The fraction of sp³-hybridized carbons (Fsp3) is 0.600. The van der Waals surface area contributed by atoms with Crippen LogP contribution in [0.1, 0.15) is 56.6 Å². The van der Waals surface area contributed by atoms with Gasteiger partial charge in [0.1, 0.15) is 6.54 Å². The Morgan fingerprint density at radius 3 is 2.31 bits per heavy atom. The van der Waals surface area contributed by atoms with Gasteiger partial charge < -0.3 is 5.32 Å². The standard InChI is InChI=1S/C15H23N/c1-12(2)14-9-7-13(8-10-14)11-16-15-5-3-4-6-15/h7-10,12,15-16H,3-6,11H2,1-2H3/p+1. The maximum atomic E-state index is 2.53. The molecule has 1 saturated carbocycles. The fourth-order valence-electron chi connectivity index (χ4n) is 2.53. The summed E-state index contributed by atoms with van der Waals surface area (Å²) >= 11 is 0. The van der Waals surface area contributed by atoms with Crippen molar-refractivity contribution in [2.75, 3.05) is 0 Å². The quantitative estimate of drug-likeness (QED) is 0.800. The number of hydrogen-bond donors (Lipinski definition) is 1. The maximum absolute atomic E-state index is 2.53. The van der Waals surface area contributed by atoms with Crippen LogP contribution in [0.5, 0.6) is 0 Å². The van der Waals surface area contributed by atoms with Gasteiger partial charge in [-0.05, 0) is 37.2 Å². The van der Waals surface area contributed by atoms with E-state index in [1.807, 2.05) is 0 Å². The van der Waals surface area contributed by atoms with Crippen molar-refractivity contribution in [1.82, 2.24) is 0 Å². The van der Waals surface area contributed by atoms with Crippen molar-refractivity contribution in [3.63, 3.8) is 0 Å². The Kier molecular flexibility index (Phi) is 4.00. The van der Waals surface area contributed by atoms with Crippen LogP contribution in [-0.2, 0) is 6.54 Å². The molecule has 0 heterocycles. The van der Waals surface area contributed by atoms with Gasteiger partial charge in [-0.25, -0.2) is 0 Å². The van der Waals surface area contributed by atoms with Gasteiger partial charge in [0.05, 0.1) is 6.04 Å². The largest absolute Gasteiger partial charge is 0.340 e. The second-order valence-corrected chi connectivity index (χ2v) is 5.38. The molecular formula is C15H24N+. The highest BCUT2D eigenvalue weighted by atomic mass is 14.9. The van der Waals surface area contributed by atoms with Crippen molar-refractivity contribution in [3.8, 4) is 0 Å². The van der Waals surface area contributed by atoms with E-state index in [1.54, 1.807) is 0 Å². The summed E-state index contributed by atoms with van der Waals surface area (Å²) in [6.07, 6.45) is 5.72. The summed E-state index contributed by atoms with van der Waals surface area (Å²) in [6, 6.07) is 10.0. The molecule has 1 aromatic carbocycles. The molecule has 0 amide bonds. The van der Waals surface area contributed by atoms with Crippen molar-refractivity contribution >= 4 is 0 Å². The number of nitrogens with two attached hydrogens (primary N) is 1. The Bertz CT molecular complexity index is 307. The Morgan fingerprint density at radius 1 is 1.12 bits per heavy atom. The van der Waals surface area contributed by atoms with Crippen molar-refractivity contribution in [2.45, 2.75) is 58.0 Å². The van der Waals surface area contributed by atoms with E-state index < -0.39 is 0 Å². The molecule has 0 aliphatic heterocycles. The zero-order chi connectivity index (χ0) is 11.4. The zero-order valence-electron chi connectivity index (χ0n) is 10.6. The van der Waals surface area contributed by atoms with Gasteiger partial charge in [0.2, 0.25) is 0 Å². The molecule has 1 aliphatic rings. The topological polar surface area (TPSA) is 16.6 Å². The predicted molar refractivity (Wildman–Crippen MR) is 68.4 cm³/mol. The van der Waals surface area contributed by atoms with Crippen molar-refractivity contribution in [1.29, 1.82) is 0 Å². The van der Waals surface area contributed by atoms with Crippen LogP contribution in [0.2, 0.25) is 0 Å². The Balaban J connectivity index is 1.84. The van der Waals surface area contributed by atoms with Crippen LogP contribution in [0.3, 0.4) is 0 Å². The molecule has 2 N–H and O–H groups in total. The van der Waals surface area contributed by atoms with E-state index in [2.05, 4.69) is 43.4 Å². The van der Waals surface area contributed by atoms with E-state index in [0.717, 1.165) is 12.6 Å². The van der Waals surface area contributed by atoms with Crippen LogP contribution in [0.4, 0.5) is 0 Å². The third-order valence-corrected chi connectivity index (χ3v) is 3.73. The molecule has 1 fully saturated rings. The maximum Gasteiger partial charge on any atom is 0.101 e. The molecular weight excluding hydrogens is 194 g/mol. The van der Waals surface area contributed by atoms with Gasteiger partial charge in [-0.2, -0.15) is 0 Å². The van der Waals surface area contributed by atoms with Crippen LogP contribution < -0.4 is 5.32 Å². The average Bonchev–Trinajstić information content (AvgIpc) is 2.80. The first-order chi connectivity index (χ1) is 7.75. The number of rotatable bonds is 4. The smallest absolute Gasteiger partial charge is 0.101 e. The van der Waals surface area contributed by atoms with Crippen LogP contribution in [0.15, 0.2) is 24.3 Å². The summed E-state index contributed by atoms with van der Waals surface area (Å²) in [6.45, 7) is 5.66. The lowest BCUT2D eigenvalue weighted by atomic mass is 10.0. The lowest BCUT2D eigenvalue weighted by Crippen LogP contribution is -2.87. The molecule has 1 nitrogen and oxygen atoms in total. The second-order valence-electron chi connectivity index (χ2n) is 5.38. The van der Waals surface area contributed by atoms with Crippen LogP contribution in [-0.4, -0.2) is 6.04 Å². The average molecular weight is 218 g/mol. The Hall–Kier alpha value is -0.820. The van der Waals surface area contributed by atoms with E-state index >= 15 is 0 Å². The van der Waals surface area contributed by atoms with Gasteiger partial charge in [0, 0.05) is 5.56 Å². The Morgan fingerprint density at radius 2 is 1.75 bits per heavy atom. The zero-order valence-corrected chi connectivity index (χ0v) is 10.6. The first-order valence-corrected chi connectivity index (χ1v) is 6.68. The lowest BCUT2D eigenvalue weighted by Gasteiger charge is -2.09. The fourth-order valence-corrected chi connectivity index (χ4v) is 2.53. The summed E-state index contributed by atoms with van der Waals surface area (Å²) in [7, 11) is 0. The summed E-state index contributed by atoms with van der Waals surface area (Å²) in [5.74, 6) is 0.646. The number of benzene rings is 1. The molecule has 2 rings (SSSR count). The molecule has 0 unspecified atom stereocenters. The molecule has 1 heteroatoms. The molecule has 88 valence electrons. The minimum atomic E-state index is 0.646. The first-order valence-electron chi connectivity index (χ1n) is 6.68. The third kappa shape index (κ3) is 3.08. The highest BCUT2D eigenvalue weighted by Crippen LogP contribution is 2.16. The van der Waals surface area contributed by atoms with Crippen LogP contribution in [0, 0.1) is 0 Å². The molecule has 1 aromatic rings. The van der Waals surface area contributed by atoms with Gasteiger partial charge in [-0.1, -0.05) is 38.1 Å². The van der Waals surface area contributed by atoms with Gasteiger partial charge >= 0.3 is 0 Å². The summed E-state index contributed by atoms with van der Waals surface area (Å²) in [4.78, 5) is 0. The van der Waals surface area contributed by atoms with Crippen molar-refractivity contribution < 1.29 is 5.32 Å². The molecule has 0 atom stereocenters. The molecule has 0 saturated heterocycles.